The number of anilines is 1. The minimum atomic E-state index is -0.393. The Morgan fingerprint density at radius 2 is 1.71 bits per heavy atom. The highest BCUT2D eigenvalue weighted by molar-refractivity contribution is 5.56. The average molecular weight is 190 g/mol. The average Bonchev–Trinajstić information content (AvgIpc) is 2.15. The molecule has 76 valence electrons. The molecule has 1 aromatic rings. The van der Waals surface area contributed by atoms with Gasteiger partial charge in [-0.1, -0.05) is 24.8 Å². The molecule has 1 aromatic carbocycles. The number of hydrogen-bond donors (Lipinski definition) is 0. The molecule has 0 spiro atoms. The summed E-state index contributed by atoms with van der Waals surface area (Å²) in [6.45, 7) is 9.33. The van der Waals surface area contributed by atoms with Crippen LogP contribution in [0, 0.1) is 5.21 Å². The highest BCUT2D eigenvalue weighted by Gasteiger charge is 2.12. The minimum absolute atomic E-state index is 0.393. The van der Waals surface area contributed by atoms with Gasteiger partial charge >= 0.3 is 0 Å². The summed E-state index contributed by atoms with van der Waals surface area (Å²) in [7, 11) is 0. The molecular formula is C12H16NO-. The fourth-order valence-corrected chi connectivity index (χ4v) is 1.13. The Morgan fingerprint density at radius 3 is 2.07 bits per heavy atom. The Morgan fingerprint density at radius 1 is 1.21 bits per heavy atom. The zero-order valence-electron chi connectivity index (χ0n) is 8.95. The van der Waals surface area contributed by atoms with Crippen molar-refractivity contribution in [2.75, 3.05) is 5.06 Å². The molecule has 2 nitrogen and oxygen atoms in total. The van der Waals surface area contributed by atoms with E-state index < -0.39 is 5.54 Å². The van der Waals surface area contributed by atoms with Crippen molar-refractivity contribution in [1.82, 2.24) is 0 Å². The number of hydrogen-bond acceptors (Lipinski definition) is 2. The summed E-state index contributed by atoms with van der Waals surface area (Å²) in [5.74, 6) is 0. The predicted octanol–water partition coefficient (Wildman–Crippen LogP) is 3.43. The first-order chi connectivity index (χ1) is 6.45. The van der Waals surface area contributed by atoms with Gasteiger partial charge in [-0.05, 0) is 38.5 Å². The van der Waals surface area contributed by atoms with Gasteiger partial charge < -0.3 is 10.3 Å². The summed E-state index contributed by atoms with van der Waals surface area (Å²) in [5, 5.41) is 12.8. The van der Waals surface area contributed by atoms with Crippen LogP contribution in [0.2, 0.25) is 0 Å². The first kappa shape index (κ1) is 10.8. The second kappa shape index (κ2) is 3.84. The van der Waals surface area contributed by atoms with E-state index in [1.54, 1.807) is 6.08 Å². The number of benzene rings is 1. The summed E-state index contributed by atoms with van der Waals surface area (Å²) in [5.41, 5.74) is 1.31. The Balaban J connectivity index is 2.92. The van der Waals surface area contributed by atoms with Gasteiger partial charge in [0.05, 0.1) is 0 Å². The van der Waals surface area contributed by atoms with E-state index in [4.69, 9.17) is 0 Å². The van der Waals surface area contributed by atoms with Crippen molar-refractivity contribution in [3.63, 3.8) is 0 Å². The van der Waals surface area contributed by atoms with Crippen LogP contribution >= 0.6 is 0 Å². The van der Waals surface area contributed by atoms with Gasteiger partial charge in [0.1, 0.15) is 0 Å². The van der Waals surface area contributed by atoms with Crippen LogP contribution in [0.1, 0.15) is 26.3 Å². The molecule has 0 unspecified atom stereocenters. The third kappa shape index (κ3) is 2.36. The molecule has 0 heterocycles. The fraction of sp³-hybridized carbons (Fsp3) is 0.333. The standard InChI is InChI=1S/C12H16NO/c1-5-10-6-8-11(9-7-10)13(14)12(2,3)4/h5-9H,1H2,2-4H3/q-1. The summed E-state index contributed by atoms with van der Waals surface area (Å²) in [6.07, 6.45) is 1.76. The quantitative estimate of drug-likeness (QED) is 0.668. The van der Waals surface area contributed by atoms with Gasteiger partial charge in [0, 0.05) is 11.2 Å². The number of rotatable bonds is 2. The second-order valence-corrected chi connectivity index (χ2v) is 4.26. The fourth-order valence-electron chi connectivity index (χ4n) is 1.13. The summed E-state index contributed by atoms with van der Waals surface area (Å²) in [4.78, 5) is 0. The molecular weight excluding hydrogens is 174 g/mol. The molecule has 0 aliphatic heterocycles. The molecule has 0 aliphatic rings. The van der Waals surface area contributed by atoms with Crippen molar-refractivity contribution in [3.05, 3.63) is 41.6 Å². The molecule has 0 amide bonds. The topological polar surface area (TPSA) is 26.3 Å². The normalized spacial score (nSPS) is 11.1. The van der Waals surface area contributed by atoms with Crippen LogP contribution < -0.4 is 5.06 Å². The lowest BCUT2D eigenvalue weighted by Gasteiger charge is -2.43. The van der Waals surface area contributed by atoms with Crippen LogP contribution in [-0.4, -0.2) is 5.54 Å². The van der Waals surface area contributed by atoms with Gasteiger partial charge in [0.2, 0.25) is 0 Å². The highest BCUT2D eigenvalue weighted by atomic mass is 16.5. The molecule has 0 aliphatic carbocycles. The Labute approximate surface area is 85.4 Å². The van der Waals surface area contributed by atoms with Crippen molar-refractivity contribution in [2.45, 2.75) is 26.3 Å². The van der Waals surface area contributed by atoms with Crippen LogP contribution in [0.5, 0.6) is 0 Å². The van der Waals surface area contributed by atoms with Crippen LogP contribution in [0.15, 0.2) is 30.8 Å². The molecule has 0 bridgehead atoms. The molecule has 0 N–H and O–H groups in total. The van der Waals surface area contributed by atoms with E-state index in [-0.39, 0.29) is 0 Å². The van der Waals surface area contributed by atoms with E-state index in [0.29, 0.717) is 5.69 Å². The first-order valence-electron chi connectivity index (χ1n) is 4.65. The molecule has 0 saturated carbocycles. The maximum absolute atomic E-state index is 11.8. The van der Waals surface area contributed by atoms with E-state index >= 15 is 0 Å². The van der Waals surface area contributed by atoms with E-state index in [9.17, 15) is 5.21 Å². The molecule has 0 radical (unpaired) electrons. The molecule has 14 heavy (non-hydrogen) atoms. The SMILES string of the molecule is C=Cc1ccc(N([O-])C(C)(C)C)cc1. The molecule has 0 atom stereocenters. The van der Waals surface area contributed by atoms with Gasteiger partial charge in [-0.15, -0.1) is 0 Å². The van der Waals surface area contributed by atoms with Crippen molar-refractivity contribution in [2.24, 2.45) is 0 Å². The molecule has 1 rings (SSSR count). The Bertz CT molecular complexity index is 308. The number of nitrogens with zero attached hydrogens (tertiary/aromatic N) is 1. The molecule has 2 heteroatoms. The van der Waals surface area contributed by atoms with Crippen LogP contribution in [0.3, 0.4) is 0 Å². The maximum Gasteiger partial charge on any atom is 0.0263 e. The largest absolute Gasteiger partial charge is 0.758 e. The minimum Gasteiger partial charge on any atom is -0.758 e. The molecule has 0 aromatic heterocycles. The lowest BCUT2D eigenvalue weighted by molar-refractivity contribution is 0.557. The van der Waals surface area contributed by atoms with Gasteiger partial charge in [0.25, 0.3) is 0 Å². The van der Waals surface area contributed by atoms with Crippen molar-refractivity contribution < 1.29 is 0 Å². The highest BCUT2D eigenvalue weighted by Crippen LogP contribution is 2.22. The lowest BCUT2D eigenvalue weighted by atomic mass is 10.1. The second-order valence-electron chi connectivity index (χ2n) is 4.26. The third-order valence-electron chi connectivity index (χ3n) is 1.97. The number of hydroxylamine groups is 1. The maximum atomic E-state index is 11.8. The van der Waals surface area contributed by atoms with E-state index in [1.165, 1.54) is 0 Å². The van der Waals surface area contributed by atoms with Gasteiger partial charge in [-0.25, -0.2) is 0 Å². The summed E-state index contributed by atoms with van der Waals surface area (Å²) >= 11 is 0. The summed E-state index contributed by atoms with van der Waals surface area (Å²) in [6, 6.07) is 7.41. The van der Waals surface area contributed by atoms with Crippen LogP contribution in [-0.2, 0) is 0 Å². The van der Waals surface area contributed by atoms with Gasteiger partial charge in [-0.3, -0.25) is 0 Å². The smallest absolute Gasteiger partial charge is 0.0263 e. The van der Waals surface area contributed by atoms with E-state index in [2.05, 4.69) is 6.58 Å². The van der Waals surface area contributed by atoms with E-state index in [0.717, 1.165) is 10.6 Å². The van der Waals surface area contributed by atoms with Crippen molar-refractivity contribution in [1.29, 1.82) is 0 Å². The van der Waals surface area contributed by atoms with E-state index in [1.807, 2.05) is 45.0 Å². The predicted molar refractivity (Wildman–Crippen MR) is 62.1 cm³/mol. The van der Waals surface area contributed by atoms with Crippen LogP contribution in [0.4, 0.5) is 5.69 Å². The monoisotopic (exact) mass is 190 g/mol. The lowest BCUT2D eigenvalue weighted by Crippen LogP contribution is -2.36. The van der Waals surface area contributed by atoms with Gasteiger partial charge in [-0.2, -0.15) is 0 Å². The van der Waals surface area contributed by atoms with Crippen molar-refractivity contribution in [3.8, 4) is 0 Å². The zero-order valence-corrected chi connectivity index (χ0v) is 8.95. The van der Waals surface area contributed by atoms with Crippen molar-refractivity contribution >= 4 is 11.8 Å². The first-order valence-corrected chi connectivity index (χ1v) is 4.65. The molecule has 0 fully saturated rings. The third-order valence-corrected chi connectivity index (χ3v) is 1.97. The van der Waals surface area contributed by atoms with Crippen LogP contribution in [0.25, 0.3) is 6.08 Å². The Kier molecular flexibility index (Phi) is 2.96. The Hall–Kier alpha value is -1.28. The zero-order chi connectivity index (χ0) is 10.8. The van der Waals surface area contributed by atoms with Gasteiger partial charge in [0.15, 0.2) is 0 Å². The summed E-state index contributed by atoms with van der Waals surface area (Å²) < 4.78 is 0. The molecule has 0 saturated heterocycles.